The van der Waals surface area contributed by atoms with Gasteiger partial charge < -0.3 is 14.4 Å². The second-order valence-electron chi connectivity index (χ2n) is 6.83. The number of piperidine rings is 1. The van der Waals surface area contributed by atoms with Gasteiger partial charge in [0.05, 0.1) is 25.9 Å². The van der Waals surface area contributed by atoms with E-state index in [0.717, 1.165) is 24.9 Å². The van der Waals surface area contributed by atoms with E-state index >= 15 is 0 Å². The second kappa shape index (κ2) is 9.33. The Morgan fingerprint density at radius 1 is 1.04 bits per heavy atom. The lowest BCUT2D eigenvalue weighted by molar-refractivity contribution is 0.0425. The van der Waals surface area contributed by atoms with Crippen LogP contribution in [0.1, 0.15) is 39.1 Å². The SMILES string of the molecule is COC(=O)c1ccc(C(=O)N2CCCC(COCc3ccccc3)C2)cc1. The average molecular weight is 367 g/mol. The fourth-order valence-corrected chi connectivity index (χ4v) is 3.35. The molecule has 1 fully saturated rings. The van der Waals surface area contributed by atoms with Gasteiger partial charge in [0.25, 0.3) is 5.91 Å². The first-order valence-electron chi connectivity index (χ1n) is 9.26. The van der Waals surface area contributed by atoms with E-state index in [1.165, 1.54) is 7.11 Å². The first-order valence-corrected chi connectivity index (χ1v) is 9.26. The molecule has 0 N–H and O–H groups in total. The summed E-state index contributed by atoms with van der Waals surface area (Å²) >= 11 is 0. The van der Waals surface area contributed by atoms with E-state index in [2.05, 4.69) is 16.9 Å². The smallest absolute Gasteiger partial charge is 0.337 e. The Bertz CT molecular complexity index is 758. The number of rotatable bonds is 6. The second-order valence-corrected chi connectivity index (χ2v) is 6.83. The van der Waals surface area contributed by atoms with Gasteiger partial charge in [-0.15, -0.1) is 0 Å². The number of hydrogen-bond acceptors (Lipinski definition) is 4. The zero-order valence-electron chi connectivity index (χ0n) is 15.6. The van der Waals surface area contributed by atoms with E-state index in [4.69, 9.17) is 4.74 Å². The Morgan fingerprint density at radius 3 is 2.44 bits per heavy atom. The van der Waals surface area contributed by atoms with Crippen molar-refractivity contribution < 1.29 is 19.1 Å². The van der Waals surface area contributed by atoms with Crippen LogP contribution in [0, 0.1) is 5.92 Å². The zero-order valence-corrected chi connectivity index (χ0v) is 15.6. The average Bonchev–Trinajstić information content (AvgIpc) is 2.74. The number of benzene rings is 2. The number of esters is 1. The van der Waals surface area contributed by atoms with Crippen molar-refractivity contribution in [3.63, 3.8) is 0 Å². The predicted molar refractivity (Wildman–Crippen MR) is 103 cm³/mol. The van der Waals surface area contributed by atoms with Crippen molar-refractivity contribution in [2.24, 2.45) is 5.92 Å². The number of amides is 1. The fraction of sp³-hybridized carbons (Fsp3) is 0.364. The monoisotopic (exact) mass is 367 g/mol. The molecule has 5 nitrogen and oxygen atoms in total. The third-order valence-electron chi connectivity index (χ3n) is 4.82. The van der Waals surface area contributed by atoms with Crippen molar-refractivity contribution in [1.82, 2.24) is 4.90 Å². The number of methoxy groups -OCH3 is 1. The standard InChI is InChI=1S/C22H25NO4/c1-26-22(25)20-11-9-19(10-12-20)21(24)23-13-5-8-18(14-23)16-27-15-17-6-3-2-4-7-17/h2-4,6-7,9-12,18H,5,8,13-16H2,1H3. The third-order valence-corrected chi connectivity index (χ3v) is 4.82. The van der Waals surface area contributed by atoms with Gasteiger partial charge in [-0.2, -0.15) is 0 Å². The molecule has 1 unspecified atom stereocenters. The fourth-order valence-electron chi connectivity index (χ4n) is 3.35. The van der Waals surface area contributed by atoms with Crippen LogP contribution in [0.3, 0.4) is 0 Å². The Hall–Kier alpha value is -2.66. The number of carbonyl (C=O) groups is 2. The number of carbonyl (C=O) groups excluding carboxylic acids is 2. The van der Waals surface area contributed by atoms with Gasteiger partial charge in [0.2, 0.25) is 0 Å². The highest BCUT2D eigenvalue weighted by Crippen LogP contribution is 2.20. The molecule has 1 aliphatic heterocycles. The van der Waals surface area contributed by atoms with E-state index in [0.29, 0.717) is 36.8 Å². The van der Waals surface area contributed by atoms with Crippen LogP contribution in [0.15, 0.2) is 54.6 Å². The lowest BCUT2D eigenvalue weighted by Crippen LogP contribution is -2.41. The highest BCUT2D eigenvalue weighted by molar-refractivity contribution is 5.96. The first-order chi connectivity index (χ1) is 13.2. The number of likely N-dealkylation sites (tertiary alicyclic amines) is 1. The Labute approximate surface area is 159 Å². The Morgan fingerprint density at radius 2 is 1.74 bits per heavy atom. The van der Waals surface area contributed by atoms with Gasteiger partial charge >= 0.3 is 5.97 Å². The van der Waals surface area contributed by atoms with Crippen LogP contribution in [0.4, 0.5) is 0 Å². The molecular formula is C22H25NO4. The highest BCUT2D eigenvalue weighted by Gasteiger charge is 2.24. The van der Waals surface area contributed by atoms with Crippen molar-refractivity contribution in [3.05, 3.63) is 71.3 Å². The minimum atomic E-state index is -0.400. The molecule has 0 aromatic heterocycles. The molecule has 5 heteroatoms. The summed E-state index contributed by atoms with van der Waals surface area (Å²) in [5.41, 5.74) is 2.19. The molecule has 1 saturated heterocycles. The molecule has 0 spiro atoms. The summed E-state index contributed by atoms with van der Waals surface area (Å²) in [7, 11) is 1.34. The summed E-state index contributed by atoms with van der Waals surface area (Å²) in [6, 6.07) is 16.7. The molecule has 0 saturated carbocycles. The maximum atomic E-state index is 12.8. The number of nitrogens with zero attached hydrogens (tertiary/aromatic N) is 1. The maximum Gasteiger partial charge on any atom is 0.337 e. The number of hydrogen-bond donors (Lipinski definition) is 0. The lowest BCUT2D eigenvalue weighted by atomic mass is 9.98. The molecule has 27 heavy (non-hydrogen) atoms. The largest absolute Gasteiger partial charge is 0.465 e. The van der Waals surface area contributed by atoms with Gasteiger partial charge in [0, 0.05) is 18.7 Å². The topological polar surface area (TPSA) is 55.8 Å². The highest BCUT2D eigenvalue weighted by atomic mass is 16.5. The summed E-state index contributed by atoms with van der Waals surface area (Å²) in [5.74, 6) is -0.0532. The van der Waals surface area contributed by atoms with Crippen molar-refractivity contribution in [3.8, 4) is 0 Å². The van der Waals surface area contributed by atoms with Crippen LogP contribution in [0.25, 0.3) is 0 Å². The molecule has 0 radical (unpaired) electrons. The predicted octanol–water partition coefficient (Wildman–Crippen LogP) is 3.54. The van der Waals surface area contributed by atoms with Gasteiger partial charge in [-0.1, -0.05) is 30.3 Å². The lowest BCUT2D eigenvalue weighted by Gasteiger charge is -2.32. The van der Waals surface area contributed by atoms with Crippen LogP contribution in [-0.4, -0.2) is 43.6 Å². The van der Waals surface area contributed by atoms with E-state index in [1.807, 2.05) is 23.1 Å². The molecule has 2 aromatic rings. The van der Waals surface area contributed by atoms with Crippen molar-refractivity contribution >= 4 is 11.9 Å². The zero-order chi connectivity index (χ0) is 19.1. The Kier molecular flexibility index (Phi) is 6.60. The quantitative estimate of drug-likeness (QED) is 0.733. The van der Waals surface area contributed by atoms with Crippen LogP contribution in [-0.2, 0) is 16.1 Å². The molecule has 1 amide bonds. The molecule has 2 aromatic carbocycles. The van der Waals surface area contributed by atoms with Gasteiger partial charge in [0.1, 0.15) is 0 Å². The summed E-state index contributed by atoms with van der Waals surface area (Å²) in [6.45, 7) is 2.71. The van der Waals surface area contributed by atoms with Crippen LogP contribution in [0.5, 0.6) is 0 Å². The molecule has 1 aliphatic rings. The molecule has 0 aliphatic carbocycles. The molecule has 3 rings (SSSR count). The summed E-state index contributed by atoms with van der Waals surface area (Å²) in [5, 5.41) is 0. The van der Waals surface area contributed by atoms with E-state index in [9.17, 15) is 9.59 Å². The van der Waals surface area contributed by atoms with E-state index < -0.39 is 5.97 Å². The number of ether oxygens (including phenoxy) is 2. The van der Waals surface area contributed by atoms with Crippen molar-refractivity contribution in [1.29, 1.82) is 0 Å². The molecule has 0 bridgehead atoms. The van der Waals surface area contributed by atoms with Crippen LogP contribution in [0.2, 0.25) is 0 Å². The van der Waals surface area contributed by atoms with Crippen LogP contribution >= 0.6 is 0 Å². The normalized spacial score (nSPS) is 16.8. The summed E-state index contributed by atoms with van der Waals surface area (Å²) in [6.07, 6.45) is 2.05. The minimum Gasteiger partial charge on any atom is -0.465 e. The molecule has 142 valence electrons. The summed E-state index contributed by atoms with van der Waals surface area (Å²) in [4.78, 5) is 26.2. The maximum absolute atomic E-state index is 12.8. The molecule has 1 atom stereocenters. The van der Waals surface area contributed by atoms with Gasteiger partial charge in [-0.3, -0.25) is 4.79 Å². The van der Waals surface area contributed by atoms with Gasteiger partial charge in [0.15, 0.2) is 0 Å². The van der Waals surface area contributed by atoms with Crippen molar-refractivity contribution in [2.45, 2.75) is 19.4 Å². The third kappa shape index (κ3) is 5.17. The minimum absolute atomic E-state index is 0.000764. The summed E-state index contributed by atoms with van der Waals surface area (Å²) < 4.78 is 10.5. The van der Waals surface area contributed by atoms with Gasteiger partial charge in [-0.25, -0.2) is 4.79 Å². The Balaban J connectivity index is 1.52. The molecular weight excluding hydrogens is 342 g/mol. The van der Waals surface area contributed by atoms with Gasteiger partial charge in [-0.05, 0) is 48.6 Å². The van der Waals surface area contributed by atoms with Crippen LogP contribution < -0.4 is 0 Å². The van der Waals surface area contributed by atoms with Crippen molar-refractivity contribution in [2.75, 3.05) is 26.8 Å². The first kappa shape index (κ1) is 19.1. The molecule has 1 heterocycles. The van der Waals surface area contributed by atoms with E-state index in [-0.39, 0.29) is 5.91 Å². The van der Waals surface area contributed by atoms with E-state index in [1.54, 1.807) is 24.3 Å².